The molecule has 1 saturated heterocycles. The Kier molecular flexibility index (Phi) is 3.26. The molecule has 0 atom stereocenters. The maximum absolute atomic E-state index is 5.51. The van der Waals surface area contributed by atoms with E-state index in [-0.39, 0.29) is 5.54 Å². The van der Waals surface area contributed by atoms with E-state index in [4.69, 9.17) is 4.74 Å². The predicted octanol–water partition coefficient (Wildman–Crippen LogP) is 2.00. The van der Waals surface area contributed by atoms with Crippen LogP contribution in [0.5, 0.6) is 0 Å². The quantitative estimate of drug-likeness (QED) is 0.762. The highest BCUT2D eigenvalue weighted by Gasteiger charge is 2.30. The number of aryl methyl sites for hydroxylation is 1. The van der Waals surface area contributed by atoms with Crippen LogP contribution < -0.4 is 0 Å². The molecule has 16 heavy (non-hydrogen) atoms. The molecule has 2 heterocycles. The molecule has 1 fully saturated rings. The minimum Gasteiger partial charge on any atom is -0.378 e. The second-order valence-electron chi connectivity index (χ2n) is 5.09. The van der Waals surface area contributed by atoms with Gasteiger partial charge in [0.05, 0.1) is 13.2 Å². The third-order valence-electron chi connectivity index (χ3n) is 3.16. The summed E-state index contributed by atoms with van der Waals surface area (Å²) >= 11 is 0. The van der Waals surface area contributed by atoms with Crippen LogP contribution in [-0.4, -0.2) is 35.2 Å². The molecule has 0 radical (unpaired) electrons. The van der Waals surface area contributed by atoms with Crippen molar-refractivity contribution in [3.05, 3.63) is 29.6 Å². The molecule has 1 aromatic heterocycles. The molecule has 0 saturated carbocycles. The molecule has 0 bridgehead atoms. The lowest BCUT2D eigenvalue weighted by molar-refractivity contribution is -0.0553. The molecule has 1 aliphatic rings. The fraction of sp³-hybridized carbons (Fsp3) is 0.615. The first-order valence-corrected chi connectivity index (χ1v) is 5.82. The highest BCUT2D eigenvalue weighted by atomic mass is 16.5. The Morgan fingerprint density at radius 3 is 2.88 bits per heavy atom. The Morgan fingerprint density at radius 1 is 1.44 bits per heavy atom. The minimum atomic E-state index is 0.128. The van der Waals surface area contributed by atoms with E-state index in [0.29, 0.717) is 0 Å². The van der Waals surface area contributed by atoms with Crippen molar-refractivity contribution in [1.82, 2.24) is 9.88 Å². The van der Waals surface area contributed by atoms with Gasteiger partial charge in [0.15, 0.2) is 0 Å². The van der Waals surface area contributed by atoms with Crippen molar-refractivity contribution in [2.24, 2.45) is 0 Å². The molecule has 3 nitrogen and oxygen atoms in total. The van der Waals surface area contributed by atoms with Gasteiger partial charge in [0.2, 0.25) is 0 Å². The van der Waals surface area contributed by atoms with Crippen molar-refractivity contribution >= 4 is 0 Å². The largest absolute Gasteiger partial charge is 0.378 e. The first-order chi connectivity index (χ1) is 7.58. The van der Waals surface area contributed by atoms with Crippen molar-refractivity contribution in [1.29, 1.82) is 0 Å². The molecule has 3 heteroatoms. The first-order valence-electron chi connectivity index (χ1n) is 5.82. The van der Waals surface area contributed by atoms with Crippen LogP contribution in [0.3, 0.4) is 0 Å². The van der Waals surface area contributed by atoms with Crippen LogP contribution in [0.15, 0.2) is 18.3 Å². The van der Waals surface area contributed by atoms with Crippen molar-refractivity contribution in [2.45, 2.75) is 32.9 Å². The molecular weight excluding hydrogens is 200 g/mol. The molecule has 2 rings (SSSR count). The summed E-state index contributed by atoms with van der Waals surface area (Å²) in [5.41, 5.74) is 2.48. The normalized spacial score (nSPS) is 20.9. The zero-order chi connectivity index (χ0) is 11.6. The molecule has 0 unspecified atom stereocenters. The molecule has 0 aliphatic carbocycles. The van der Waals surface area contributed by atoms with Gasteiger partial charge in [-0.25, -0.2) is 0 Å². The second kappa shape index (κ2) is 4.52. The fourth-order valence-corrected chi connectivity index (χ4v) is 2.00. The maximum atomic E-state index is 5.51. The fourth-order valence-electron chi connectivity index (χ4n) is 2.00. The van der Waals surface area contributed by atoms with E-state index in [0.717, 1.165) is 32.0 Å². The molecule has 0 amide bonds. The molecule has 0 spiro atoms. The van der Waals surface area contributed by atoms with E-state index in [1.807, 2.05) is 13.1 Å². The summed E-state index contributed by atoms with van der Waals surface area (Å²) < 4.78 is 5.51. The summed E-state index contributed by atoms with van der Waals surface area (Å²) in [6.45, 7) is 10.1. The van der Waals surface area contributed by atoms with E-state index >= 15 is 0 Å². The molecular formula is C13H20N2O. The number of hydrogen-bond acceptors (Lipinski definition) is 3. The number of hydrogen-bond donors (Lipinski definition) is 0. The van der Waals surface area contributed by atoms with Gasteiger partial charge in [-0.2, -0.15) is 0 Å². The third-order valence-corrected chi connectivity index (χ3v) is 3.16. The predicted molar refractivity (Wildman–Crippen MR) is 64.3 cm³/mol. The van der Waals surface area contributed by atoms with E-state index in [1.54, 1.807) is 0 Å². The van der Waals surface area contributed by atoms with Crippen LogP contribution in [0.2, 0.25) is 0 Å². The third kappa shape index (κ3) is 2.60. The summed E-state index contributed by atoms with van der Waals surface area (Å²) in [7, 11) is 0. The van der Waals surface area contributed by atoms with Crippen LogP contribution in [0.25, 0.3) is 0 Å². The Labute approximate surface area is 97.4 Å². The summed E-state index contributed by atoms with van der Waals surface area (Å²) in [6, 6.07) is 4.23. The first kappa shape index (κ1) is 11.6. The number of rotatable bonds is 2. The van der Waals surface area contributed by atoms with Gasteiger partial charge in [-0.3, -0.25) is 9.88 Å². The van der Waals surface area contributed by atoms with Crippen molar-refractivity contribution in [3.63, 3.8) is 0 Å². The van der Waals surface area contributed by atoms with Gasteiger partial charge >= 0.3 is 0 Å². The average Bonchev–Trinajstić information content (AvgIpc) is 2.24. The monoisotopic (exact) mass is 220 g/mol. The van der Waals surface area contributed by atoms with Crippen LogP contribution in [0.4, 0.5) is 0 Å². The number of nitrogens with zero attached hydrogens (tertiary/aromatic N) is 2. The standard InChI is InChI=1S/C13H20N2O/c1-11-4-5-12(8-14-11)9-15-6-7-16-10-13(15,2)3/h4-5,8H,6-7,9-10H2,1-3H3. The van der Waals surface area contributed by atoms with Crippen LogP contribution >= 0.6 is 0 Å². The number of ether oxygens (including phenoxy) is 1. The zero-order valence-electron chi connectivity index (χ0n) is 10.4. The van der Waals surface area contributed by atoms with Crippen molar-refractivity contribution in [2.75, 3.05) is 19.8 Å². The minimum absolute atomic E-state index is 0.128. The Balaban J connectivity index is 2.05. The van der Waals surface area contributed by atoms with E-state index in [2.05, 4.69) is 35.9 Å². The van der Waals surface area contributed by atoms with Gasteiger partial charge in [-0.15, -0.1) is 0 Å². The summed E-state index contributed by atoms with van der Waals surface area (Å²) in [4.78, 5) is 6.80. The number of pyridine rings is 1. The lowest BCUT2D eigenvalue weighted by atomic mass is 10.0. The van der Waals surface area contributed by atoms with E-state index in [1.165, 1.54) is 5.56 Å². The summed E-state index contributed by atoms with van der Waals surface area (Å²) in [5, 5.41) is 0. The molecule has 1 aliphatic heterocycles. The van der Waals surface area contributed by atoms with Crippen molar-refractivity contribution in [3.8, 4) is 0 Å². The van der Waals surface area contributed by atoms with Gasteiger partial charge in [0, 0.05) is 30.5 Å². The van der Waals surface area contributed by atoms with Gasteiger partial charge in [0.25, 0.3) is 0 Å². The van der Waals surface area contributed by atoms with Crippen LogP contribution in [0, 0.1) is 6.92 Å². The van der Waals surface area contributed by atoms with Crippen LogP contribution in [-0.2, 0) is 11.3 Å². The second-order valence-corrected chi connectivity index (χ2v) is 5.09. The lowest BCUT2D eigenvalue weighted by Crippen LogP contribution is -2.52. The number of morpholine rings is 1. The van der Waals surface area contributed by atoms with Gasteiger partial charge in [-0.1, -0.05) is 6.07 Å². The van der Waals surface area contributed by atoms with E-state index < -0.39 is 0 Å². The summed E-state index contributed by atoms with van der Waals surface area (Å²) in [5.74, 6) is 0. The van der Waals surface area contributed by atoms with Crippen LogP contribution in [0.1, 0.15) is 25.1 Å². The van der Waals surface area contributed by atoms with Gasteiger partial charge < -0.3 is 4.74 Å². The smallest absolute Gasteiger partial charge is 0.0645 e. The molecule has 0 N–H and O–H groups in total. The lowest BCUT2D eigenvalue weighted by Gasteiger charge is -2.42. The molecule has 0 aromatic carbocycles. The van der Waals surface area contributed by atoms with E-state index in [9.17, 15) is 0 Å². The zero-order valence-corrected chi connectivity index (χ0v) is 10.4. The van der Waals surface area contributed by atoms with Crippen molar-refractivity contribution < 1.29 is 4.74 Å². The molecule has 1 aromatic rings. The SMILES string of the molecule is Cc1ccc(CN2CCOCC2(C)C)cn1. The highest BCUT2D eigenvalue weighted by molar-refractivity contribution is 5.13. The average molecular weight is 220 g/mol. The van der Waals surface area contributed by atoms with Gasteiger partial charge in [0.1, 0.15) is 0 Å². The number of aromatic nitrogens is 1. The Hall–Kier alpha value is -0.930. The topological polar surface area (TPSA) is 25.4 Å². The van der Waals surface area contributed by atoms with Gasteiger partial charge in [-0.05, 0) is 32.4 Å². The maximum Gasteiger partial charge on any atom is 0.0645 e. The summed E-state index contributed by atoms with van der Waals surface area (Å²) in [6.07, 6.45) is 1.97. The Bertz CT molecular complexity index is 345. The highest BCUT2D eigenvalue weighted by Crippen LogP contribution is 2.21. The Morgan fingerprint density at radius 2 is 2.25 bits per heavy atom. The molecule has 88 valence electrons.